The molecule has 8 heteroatoms. The van der Waals surface area contributed by atoms with Crippen LogP contribution in [-0.2, 0) is 0 Å². The van der Waals surface area contributed by atoms with Gasteiger partial charge < -0.3 is 4.74 Å². The third-order valence-corrected chi connectivity index (χ3v) is 3.96. The van der Waals surface area contributed by atoms with Crippen LogP contribution < -0.4 is 15.6 Å². The summed E-state index contributed by atoms with van der Waals surface area (Å²) in [5.41, 5.74) is 6.24. The van der Waals surface area contributed by atoms with Crippen molar-refractivity contribution in [3.63, 3.8) is 0 Å². The first-order valence-electron chi connectivity index (χ1n) is 7.79. The van der Waals surface area contributed by atoms with Crippen molar-refractivity contribution in [3.05, 3.63) is 76.9 Å². The summed E-state index contributed by atoms with van der Waals surface area (Å²) in [6, 6.07) is 11.7. The van der Waals surface area contributed by atoms with E-state index in [4.69, 9.17) is 16.3 Å². The lowest BCUT2D eigenvalue weighted by atomic mass is 10.0. The number of amides is 1. The number of nitrogens with zero attached hydrogens (tertiary/aromatic N) is 1. The summed E-state index contributed by atoms with van der Waals surface area (Å²) in [4.78, 5) is 16.1. The number of hydrogen-bond acceptors (Lipinski definition) is 4. The van der Waals surface area contributed by atoms with Gasteiger partial charge in [0.2, 0.25) is 5.88 Å². The molecule has 3 rings (SSSR count). The Balaban J connectivity index is 1.76. The lowest BCUT2D eigenvalue weighted by molar-refractivity contribution is 0.0962. The van der Waals surface area contributed by atoms with E-state index in [2.05, 4.69) is 15.8 Å². The zero-order chi connectivity index (χ0) is 19.4. The summed E-state index contributed by atoms with van der Waals surface area (Å²) in [6.07, 6.45) is 1.30. The molecule has 0 aliphatic carbocycles. The number of nitrogens with one attached hydrogen (secondary N) is 2. The van der Waals surface area contributed by atoms with Gasteiger partial charge in [0.1, 0.15) is 5.82 Å². The molecule has 1 amide bonds. The first-order valence-corrected chi connectivity index (χ1v) is 8.17. The fourth-order valence-electron chi connectivity index (χ4n) is 2.36. The van der Waals surface area contributed by atoms with Crippen molar-refractivity contribution in [2.24, 2.45) is 0 Å². The zero-order valence-corrected chi connectivity index (χ0v) is 14.8. The number of halogens is 3. The van der Waals surface area contributed by atoms with Gasteiger partial charge in [0.05, 0.1) is 19.0 Å². The highest BCUT2D eigenvalue weighted by Gasteiger charge is 2.12. The Hall–Kier alpha value is -3.19. The molecule has 1 aromatic heterocycles. The Morgan fingerprint density at radius 1 is 1.07 bits per heavy atom. The molecule has 1 heterocycles. The van der Waals surface area contributed by atoms with Crippen molar-refractivity contribution in [2.75, 3.05) is 12.5 Å². The van der Waals surface area contributed by atoms with E-state index in [1.54, 1.807) is 24.3 Å². The number of methoxy groups -OCH3 is 1. The van der Waals surface area contributed by atoms with E-state index < -0.39 is 17.5 Å². The number of carbonyl (C=O) groups is 1. The maximum atomic E-state index is 14.1. The summed E-state index contributed by atoms with van der Waals surface area (Å²) >= 11 is 5.84. The number of aromatic nitrogens is 1. The molecule has 0 aliphatic rings. The normalized spacial score (nSPS) is 10.4. The molecular formula is C19H14ClF2N3O2. The highest BCUT2D eigenvalue weighted by Crippen LogP contribution is 2.25. The van der Waals surface area contributed by atoms with Crippen LogP contribution in [0.25, 0.3) is 11.1 Å². The van der Waals surface area contributed by atoms with Crippen LogP contribution in [0.1, 0.15) is 10.4 Å². The minimum atomic E-state index is -0.677. The smallest absolute Gasteiger partial charge is 0.269 e. The second-order valence-corrected chi connectivity index (χ2v) is 5.93. The average Bonchev–Trinajstić information content (AvgIpc) is 2.67. The molecule has 3 aromatic rings. The zero-order valence-electron chi connectivity index (χ0n) is 14.1. The van der Waals surface area contributed by atoms with Crippen LogP contribution in [0.4, 0.5) is 14.5 Å². The minimum absolute atomic E-state index is 0.155. The van der Waals surface area contributed by atoms with Gasteiger partial charge in [-0.05, 0) is 35.9 Å². The van der Waals surface area contributed by atoms with Gasteiger partial charge >= 0.3 is 0 Å². The second-order valence-electron chi connectivity index (χ2n) is 5.50. The molecule has 0 bridgehead atoms. The summed E-state index contributed by atoms with van der Waals surface area (Å²) in [6.45, 7) is 0. The predicted molar refractivity (Wildman–Crippen MR) is 98.7 cm³/mol. The van der Waals surface area contributed by atoms with Crippen LogP contribution in [0, 0.1) is 11.6 Å². The van der Waals surface area contributed by atoms with Crippen molar-refractivity contribution in [3.8, 4) is 17.0 Å². The van der Waals surface area contributed by atoms with Gasteiger partial charge in [-0.1, -0.05) is 23.7 Å². The van der Waals surface area contributed by atoms with E-state index in [0.29, 0.717) is 10.6 Å². The fraction of sp³-hybridized carbons (Fsp3) is 0.0526. The Morgan fingerprint density at radius 2 is 1.81 bits per heavy atom. The summed E-state index contributed by atoms with van der Waals surface area (Å²) < 4.78 is 32.5. The van der Waals surface area contributed by atoms with Crippen LogP contribution in [0.2, 0.25) is 5.02 Å². The van der Waals surface area contributed by atoms with Gasteiger partial charge in [0.15, 0.2) is 5.82 Å². The largest absolute Gasteiger partial charge is 0.479 e. The standard InChI is InChI=1S/C19H14ClF2N3O2/c1-27-19-17(22)9-14(10-23-19)24-25-18(26)12-4-7-16(21)15(8-12)11-2-5-13(20)6-3-11/h2-10,24H,1H3,(H,25,26). The van der Waals surface area contributed by atoms with E-state index in [1.807, 2.05) is 0 Å². The first kappa shape index (κ1) is 18.6. The van der Waals surface area contributed by atoms with Crippen LogP contribution in [-0.4, -0.2) is 18.0 Å². The van der Waals surface area contributed by atoms with Crippen molar-refractivity contribution in [1.82, 2.24) is 10.4 Å². The highest BCUT2D eigenvalue weighted by atomic mass is 35.5. The fourth-order valence-corrected chi connectivity index (χ4v) is 2.49. The van der Waals surface area contributed by atoms with Gasteiger partial charge in [-0.2, -0.15) is 0 Å². The predicted octanol–water partition coefficient (Wildman–Crippen LogP) is 4.45. The highest BCUT2D eigenvalue weighted by molar-refractivity contribution is 6.30. The van der Waals surface area contributed by atoms with Crippen LogP contribution in [0.5, 0.6) is 5.88 Å². The van der Waals surface area contributed by atoms with Crippen LogP contribution in [0.15, 0.2) is 54.7 Å². The van der Waals surface area contributed by atoms with Crippen LogP contribution >= 0.6 is 11.6 Å². The molecular weight excluding hydrogens is 376 g/mol. The molecule has 0 aliphatic heterocycles. The number of hydrogen-bond donors (Lipinski definition) is 2. The molecule has 2 N–H and O–H groups in total. The van der Waals surface area contributed by atoms with E-state index >= 15 is 0 Å². The lowest BCUT2D eigenvalue weighted by Crippen LogP contribution is -2.29. The number of ether oxygens (including phenoxy) is 1. The monoisotopic (exact) mass is 389 g/mol. The molecule has 0 atom stereocenters. The summed E-state index contributed by atoms with van der Waals surface area (Å²) in [5, 5.41) is 0.526. The molecule has 0 saturated heterocycles. The number of carbonyl (C=O) groups excluding carboxylic acids is 1. The topological polar surface area (TPSA) is 63.2 Å². The lowest BCUT2D eigenvalue weighted by Gasteiger charge is -2.11. The van der Waals surface area contributed by atoms with Crippen molar-refractivity contribution < 1.29 is 18.3 Å². The third-order valence-electron chi connectivity index (χ3n) is 3.70. The van der Waals surface area contributed by atoms with Gasteiger partial charge in [0.25, 0.3) is 5.91 Å². The maximum absolute atomic E-state index is 14.1. The molecule has 138 valence electrons. The second kappa shape index (κ2) is 8.01. The van der Waals surface area contributed by atoms with E-state index in [9.17, 15) is 13.6 Å². The Bertz CT molecular complexity index is 981. The number of hydrazine groups is 1. The molecule has 5 nitrogen and oxygen atoms in total. The molecule has 2 aromatic carbocycles. The first-order chi connectivity index (χ1) is 13.0. The average molecular weight is 390 g/mol. The number of rotatable bonds is 5. The summed E-state index contributed by atoms with van der Waals surface area (Å²) in [7, 11) is 1.30. The molecule has 0 spiro atoms. The molecule has 0 radical (unpaired) electrons. The molecule has 27 heavy (non-hydrogen) atoms. The van der Waals surface area contributed by atoms with Crippen molar-refractivity contribution in [2.45, 2.75) is 0 Å². The minimum Gasteiger partial charge on any atom is -0.479 e. The quantitative estimate of drug-likeness (QED) is 0.633. The van der Waals surface area contributed by atoms with Gasteiger partial charge in [-0.3, -0.25) is 15.6 Å². The van der Waals surface area contributed by atoms with Gasteiger partial charge in [-0.25, -0.2) is 13.8 Å². The number of pyridine rings is 1. The molecule has 0 saturated carbocycles. The molecule has 0 unspecified atom stereocenters. The van der Waals surface area contributed by atoms with Crippen molar-refractivity contribution >= 4 is 23.2 Å². The Kier molecular flexibility index (Phi) is 5.52. The van der Waals surface area contributed by atoms with E-state index in [0.717, 1.165) is 6.07 Å². The SMILES string of the molecule is COc1ncc(NNC(=O)c2ccc(F)c(-c3ccc(Cl)cc3)c2)cc1F. The Morgan fingerprint density at radius 3 is 2.48 bits per heavy atom. The molecule has 0 fully saturated rings. The number of anilines is 1. The Labute approximate surface area is 158 Å². The third kappa shape index (κ3) is 4.32. The van der Waals surface area contributed by atoms with E-state index in [1.165, 1.54) is 31.5 Å². The van der Waals surface area contributed by atoms with Crippen LogP contribution in [0.3, 0.4) is 0 Å². The van der Waals surface area contributed by atoms with Gasteiger partial charge in [-0.15, -0.1) is 0 Å². The number of benzene rings is 2. The van der Waals surface area contributed by atoms with Gasteiger partial charge in [0, 0.05) is 22.2 Å². The van der Waals surface area contributed by atoms with Crippen molar-refractivity contribution in [1.29, 1.82) is 0 Å². The summed E-state index contributed by atoms with van der Waals surface area (Å²) in [5.74, 6) is -1.83. The van der Waals surface area contributed by atoms with E-state index in [-0.39, 0.29) is 22.7 Å². The maximum Gasteiger partial charge on any atom is 0.269 e.